The molecule has 0 fully saturated rings. The minimum Gasteiger partial charge on any atom is -0.376 e. The van der Waals surface area contributed by atoms with Crippen LogP contribution in [0.5, 0.6) is 0 Å². The lowest BCUT2D eigenvalue weighted by atomic mass is 10.1. The standard InChI is InChI=1S/C24H39O6PS/c1-4-5-6-7-8-9-13-18-24(25)32-23(21-30-31(26,27-2)28-3)20-29-19-14-17-22-15-11-10-12-16-22/h10-12,14-17,23H,4-9,13,18-21H2,1-3H3/b17-14+/t23-/m1/s1. The molecule has 1 rings (SSSR count). The van der Waals surface area contributed by atoms with Crippen molar-refractivity contribution in [3.63, 3.8) is 0 Å². The lowest BCUT2D eigenvalue weighted by Gasteiger charge is -2.19. The average Bonchev–Trinajstić information content (AvgIpc) is 2.82. The number of unbranched alkanes of at least 4 members (excludes halogenated alkanes) is 6. The van der Waals surface area contributed by atoms with Crippen molar-refractivity contribution in [3.05, 3.63) is 42.0 Å². The van der Waals surface area contributed by atoms with E-state index in [1.807, 2.05) is 42.5 Å². The van der Waals surface area contributed by atoms with Gasteiger partial charge in [0, 0.05) is 20.6 Å². The van der Waals surface area contributed by atoms with E-state index in [0.29, 0.717) is 19.6 Å². The summed E-state index contributed by atoms with van der Waals surface area (Å²) in [5, 5.41) is -0.198. The van der Waals surface area contributed by atoms with Crippen LogP contribution in [0.4, 0.5) is 0 Å². The predicted molar refractivity (Wildman–Crippen MR) is 133 cm³/mol. The Morgan fingerprint density at radius 2 is 1.66 bits per heavy atom. The molecule has 0 radical (unpaired) electrons. The van der Waals surface area contributed by atoms with Gasteiger partial charge in [0.25, 0.3) is 0 Å². The Bertz CT molecular complexity index is 674. The molecule has 1 aromatic rings. The molecular formula is C24H39O6PS. The molecule has 0 N–H and O–H groups in total. The zero-order chi connectivity index (χ0) is 23.5. The first kappa shape index (κ1) is 29.1. The molecule has 1 atom stereocenters. The van der Waals surface area contributed by atoms with E-state index in [1.165, 1.54) is 58.1 Å². The molecule has 0 aliphatic carbocycles. The Hall–Kier alpha value is -0.950. The number of carbonyl (C=O) groups excluding carboxylic acids is 1. The van der Waals surface area contributed by atoms with Gasteiger partial charge in [-0.3, -0.25) is 18.4 Å². The molecule has 0 aliphatic rings. The summed E-state index contributed by atoms with van der Waals surface area (Å²) in [5.74, 6) is 0. The van der Waals surface area contributed by atoms with E-state index in [0.717, 1.165) is 18.4 Å². The molecule has 6 nitrogen and oxygen atoms in total. The van der Waals surface area contributed by atoms with Crippen LogP contribution in [0, 0.1) is 0 Å². The number of phosphoric ester groups is 1. The summed E-state index contributed by atoms with van der Waals surface area (Å²) in [4.78, 5) is 12.4. The van der Waals surface area contributed by atoms with Crippen molar-refractivity contribution < 1.29 is 27.7 Å². The van der Waals surface area contributed by atoms with Gasteiger partial charge in [0.2, 0.25) is 0 Å². The maximum atomic E-state index is 12.4. The van der Waals surface area contributed by atoms with E-state index in [9.17, 15) is 9.36 Å². The van der Waals surface area contributed by atoms with E-state index in [-0.39, 0.29) is 17.0 Å². The lowest BCUT2D eigenvalue weighted by molar-refractivity contribution is -0.111. The van der Waals surface area contributed by atoms with Gasteiger partial charge in [0.1, 0.15) is 0 Å². The Morgan fingerprint density at radius 1 is 1.00 bits per heavy atom. The molecule has 0 spiro atoms. The summed E-state index contributed by atoms with van der Waals surface area (Å²) >= 11 is 1.19. The highest BCUT2D eigenvalue weighted by Crippen LogP contribution is 2.48. The molecule has 0 heterocycles. The van der Waals surface area contributed by atoms with E-state index < -0.39 is 7.82 Å². The zero-order valence-corrected chi connectivity index (χ0v) is 21.4. The fourth-order valence-electron chi connectivity index (χ4n) is 2.96. The first-order valence-corrected chi connectivity index (χ1v) is 13.7. The molecule has 0 aliphatic heterocycles. The van der Waals surface area contributed by atoms with Gasteiger partial charge >= 0.3 is 7.82 Å². The topological polar surface area (TPSA) is 71.1 Å². The monoisotopic (exact) mass is 486 g/mol. The second kappa shape index (κ2) is 18.5. The van der Waals surface area contributed by atoms with Gasteiger partial charge < -0.3 is 4.74 Å². The van der Waals surface area contributed by atoms with Gasteiger partial charge in [-0.2, -0.15) is 0 Å². The Labute approximate surface area is 198 Å². The van der Waals surface area contributed by atoms with Crippen LogP contribution in [0.25, 0.3) is 6.08 Å². The Morgan fingerprint density at radius 3 is 2.31 bits per heavy atom. The van der Waals surface area contributed by atoms with Crippen molar-refractivity contribution in [2.24, 2.45) is 0 Å². The first-order valence-electron chi connectivity index (χ1n) is 11.4. The van der Waals surface area contributed by atoms with Crippen molar-refractivity contribution in [3.8, 4) is 0 Å². The van der Waals surface area contributed by atoms with Gasteiger partial charge in [0.05, 0.1) is 25.1 Å². The number of thioether (sulfide) groups is 1. The summed E-state index contributed by atoms with van der Waals surface area (Å²) < 4.78 is 32.9. The molecule has 0 saturated carbocycles. The van der Waals surface area contributed by atoms with Gasteiger partial charge in [0.15, 0.2) is 5.12 Å². The largest absolute Gasteiger partial charge is 0.474 e. The fraction of sp³-hybridized carbons (Fsp3) is 0.625. The SMILES string of the molecule is CCCCCCCCCC(=O)S[C@H](COC/C=C/c1ccccc1)COP(=O)(OC)OC. The highest BCUT2D eigenvalue weighted by atomic mass is 32.2. The predicted octanol–water partition coefficient (Wildman–Crippen LogP) is 6.90. The number of hydrogen-bond donors (Lipinski definition) is 0. The zero-order valence-electron chi connectivity index (χ0n) is 19.7. The molecule has 0 aromatic heterocycles. The van der Waals surface area contributed by atoms with Crippen LogP contribution in [-0.2, 0) is 27.7 Å². The molecule has 32 heavy (non-hydrogen) atoms. The molecule has 8 heteroatoms. The lowest BCUT2D eigenvalue weighted by Crippen LogP contribution is -2.21. The average molecular weight is 487 g/mol. The molecule has 0 unspecified atom stereocenters. The normalized spacial score (nSPS) is 13.0. The Kier molecular flexibility index (Phi) is 16.8. The van der Waals surface area contributed by atoms with Crippen LogP contribution >= 0.6 is 19.6 Å². The van der Waals surface area contributed by atoms with Crippen LogP contribution in [0.2, 0.25) is 0 Å². The highest BCUT2D eigenvalue weighted by Gasteiger charge is 2.26. The van der Waals surface area contributed by atoms with E-state index in [2.05, 4.69) is 6.92 Å². The van der Waals surface area contributed by atoms with E-state index >= 15 is 0 Å². The second-order valence-electron chi connectivity index (χ2n) is 7.44. The summed E-state index contributed by atoms with van der Waals surface area (Å²) in [6, 6.07) is 9.95. The molecule has 1 aromatic carbocycles. The minimum atomic E-state index is -3.60. The van der Waals surface area contributed by atoms with Crippen molar-refractivity contribution in [2.45, 2.75) is 63.5 Å². The minimum absolute atomic E-state index is 0.0365. The van der Waals surface area contributed by atoms with Crippen molar-refractivity contribution in [2.75, 3.05) is 34.0 Å². The van der Waals surface area contributed by atoms with Crippen LogP contribution < -0.4 is 0 Å². The van der Waals surface area contributed by atoms with Crippen LogP contribution in [0.15, 0.2) is 36.4 Å². The smallest absolute Gasteiger partial charge is 0.376 e. The highest BCUT2D eigenvalue weighted by molar-refractivity contribution is 8.14. The Balaban J connectivity index is 2.42. The number of carbonyl (C=O) groups is 1. The molecular weight excluding hydrogens is 447 g/mol. The maximum absolute atomic E-state index is 12.4. The first-order chi connectivity index (χ1) is 15.5. The van der Waals surface area contributed by atoms with Crippen LogP contribution in [0.3, 0.4) is 0 Å². The molecule has 0 bridgehead atoms. The second-order valence-corrected chi connectivity index (χ2v) is 10.7. The van der Waals surface area contributed by atoms with Crippen molar-refractivity contribution >= 4 is 30.8 Å². The number of ether oxygens (including phenoxy) is 1. The van der Waals surface area contributed by atoms with Crippen LogP contribution in [-0.4, -0.2) is 44.4 Å². The third-order valence-corrected chi connectivity index (χ3v) is 7.21. The summed E-state index contributed by atoms with van der Waals surface area (Å²) in [5.41, 5.74) is 1.09. The number of phosphoric acid groups is 1. The fourth-order valence-corrected chi connectivity index (χ4v) is 4.72. The van der Waals surface area contributed by atoms with Gasteiger partial charge in [-0.05, 0) is 12.0 Å². The van der Waals surface area contributed by atoms with E-state index in [1.54, 1.807) is 0 Å². The van der Waals surface area contributed by atoms with Crippen molar-refractivity contribution in [1.82, 2.24) is 0 Å². The summed E-state index contributed by atoms with van der Waals surface area (Å²) in [6.07, 6.45) is 12.6. The van der Waals surface area contributed by atoms with E-state index in [4.69, 9.17) is 18.3 Å². The molecule has 0 saturated heterocycles. The number of benzene rings is 1. The van der Waals surface area contributed by atoms with Gasteiger partial charge in [-0.25, -0.2) is 4.57 Å². The van der Waals surface area contributed by atoms with Crippen LogP contribution in [0.1, 0.15) is 63.9 Å². The molecule has 182 valence electrons. The summed E-state index contributed by atoms with van der Waals surface area (Å²) in [7, 11) is -1.06. The third kappa shape index (κ3) is 14.2. The quantitative estimate of drug-likeness (QED) is 0.155. The van der Waals surface area contributed by atoms with Crippen molar-refractivity contribution in [1.29, 1.82) is 0 Å². The maximum Gasteiger partial charge on any atom is 0.474 e. The molecule has 0 amide bonds. The summed E-state index contributed by atoms with van der Waals surface area (Å²) in [6.45, 7) is 2.94. The third-order valence-electron chi connectivity index (χ3n) is 4.78. The number of rotatable bonds is 19. The van der Waals surface area contributed by atoms with Gasteiger partial charge in [-0.1, -0.05) is 99.7 Å². The van der Waals surface area contributed by atoms with Gasteiger partial charge in [-0.15, -0.1) is 0 Å². The number of hydrogen-bond acceptors (Lipinski definition) is 7.